The van der Waals surface area contributed by atoms with Crippen LogP contribution in [0.15, 0.2) is 25.3 Å². The quantitative estimate of drug-likeness (QED) is 0.254. The fraction of sp³-hybridized carbons (Fsp3) is 0.500. The van der Waals surface area contributed by atoms with E-state index in [0.29, 0.717) is 0 Å². The summed E-state index contributed by atoms with van der Waals surface area (Å²) >= 11 is 5.18. The van der Waals surface area contributed by atoms with E-state index < -0.39 is 77.4 Å². The van der Waals surface area contributed by atoms with E-state index in [-0.39, 0.29) is 34.0 Å². The molecule has 0 radical (unpaired) electrons. The summed E-state index contributed by atoms with van der Waals surface area (Å²) in [4.78, 5) is 35.1. The highest BCUT2D eigenvalue weighted by molar-refractivity contribution is 8.07. The van der Waals surface area contributed by atoms with Crippen LogP contribution in [-0.2, 0) is 43.9 Å². The van der Waals surface area contributed by atoms with Crippen LogP contribution in [0.1, 0.15) is 12.5 Å². The predicted octanol–water partition coefficient (Wildman–Crippen LogP) is 0.993. The molecule has 0 aliphatic carbocycles. The number of nitrogens with two attached hydrogens (primary N) is 2. The summed E-state index contributed by atoms with van der Waals surface area (Å²) in [5, 5.41) is 0. The molecular formula is C20H21F2N10O8P2S+. The SMILES string of the molecule is Nc1ncnc2c1ncn2[C@@H]1O[C@@H]2COP(O)(=S)O[C@@H]3[C@H](F)[C@@H](CO[P+](=O)O[C@H]2[C@H]1F)O[C@H]3n1cnc2c(N)ncnc21. The standard InChI is InChI=1S/C20H20F2N10O8P2S/c21-9-7-1-35-41(33)39-13-8(38-19(10(13)22)31-5-29-11-15(23)25-3-27-17(11)31)2-36-42(34,43)40-14(9)20(37-7)32-6-30-12-16(24)26-4-28-18(12)32/h3-10,13-14,19-20H,1-2H2,(H4-,23,24,25,26,27,28,34,43)/p+1/t7-,8-,9-,10-,13-,14-,19-,20-,42?/m1/s1. The zero-order valence-corrected chi connectivity index (χ0v) is 24.0. The average Bonchev–Trinajstić information content (AvgIpc) is 3.73. The maximum atomic E-state index is 15.8. The number of alkyl halides is 2. The fourth-order valence-electron chi connectivity index (χ4n) is 5.07. The number of anilines is 2. The van der Waals surface area contributed by atoms with Gasteiger partial charge in [-0.15, -0.1) is 9.05 Å². The van der Waals surface area contributed by atoms with Crippen LogP contribution in [-0.4, -0.2) is 93.9 Å². The molecule has 4 aromatic rings. The summed E-state index contributed by atoms with van der Waals surface area (Å²) in [5.74, 6) is 0.132. The number of hydrogen-bond acceptors (Lipinski definition) is 16. The molecule has 43 heavy (non-hydrogen) atoms. The first kappa shape index (κ1) is 28.8. The summed E-state index contributed by atoms with van der Waals surface area (Å²) in [6, 6.07) is 0. The number of rotatable bonds is 2. The van der Waals surface area contributed by atoms with Crippen molar-refractivity contribution in [2.75, 3.05) is 24.7 Å². The third-order valence-corrected chi connectivity index (χ3v) is 9.40. The number of aromatic nitrogens is 8. The first-order valence-corrected chi connectivity index (χ1v) is 16.2. The monoisotopic (exact) mass is 661 g/mol. The molecule has 0 amide bonds. The van der Waals surface area contributed by atoms with E-state index in [1.165, 1.54) is 34.4 Å². The molecule has 3 fully saturated rings. The summed E-state index contributed by atoms with van der Waals surface area (Å²) in [6.07, 6.45) is -7.55. The molecule has 2 unspecified atom stereocenters. The van der Waals surface area contributed by atoms with Crippen LogP contribution in [0.4, 0.5) is 20.4 Å². The topological polar surface area (TPSA) is 232 Å². The molecule has 2 bridgehead atoms. The van der Waals surface area contributed by atoms with Crippen molar-refractivity contribution >= 4 is 60.7 Å². The highest BCUT2D eigenvalue weighted by atomic mass is 32.5. The molecule has 0 spiro atoms. The molecule has 3 aliphatic rings. The highest BCUT2D eigenvalue weighted by Gasteiger charge is 2.55. The van der Waals surface area contributed by atoms with Crippen LogP contribution in [0.25, 0.3) is 22.3 Å². The van der Waals surface area contributed by atoms with E-state index in [4.69, 9.17) is 50.8 Å². The van der Waals surface area contributed by atoms with Crippen molar-refractivity contribution in [2.45, 2.75) is 49.2 Å². The molecule has 7 heterocycles. The van der Waals surface area contributed by atoms with E-state index in [9.17, 15) is 9.46 Å². The molecule has 18 nitrogen and oxygen atoms in total. The van der Waals surface area contributed by atoms with Crippen molar-refractivity contribution in [2.24, 2.45) is 0 Å². The van der Waals surface area contributed by atoms with Gasteiger partial charge in [0.05, 0.1) is 19.3 Å². The zero-order chi connectivity index (χ0) is 30.0. The number of hydrogen-bond donors (Lipinski definition) is 3. The maximum absolute atomic E-state index is 15.8. The molecule has 0 aromatic carbocycles. The average molecular weight is 661 g/mol. The van der Waals surface area contributed by atoms with Gasteiger partial charge >= 0.3 is 15.0 Å². The number of nitrogen functional groups attached to an aromatic ring is 2. The van der Waals surface area contributed by atoms with Gasteiger partial charge < -0.3 is 30.4 Å². The van der Waals surface area contributed by atoms with Gasteiger partial charge in [0.15, 0.2) is 53.8 Å². The molecule has 7 rings (SSSR count). The zero-order valence-electron chi connectivity index (χ0n) is 21.4. The van der Waals surface area contributed by atoms with Crippen molar-refractivity contribution in [1.82, 2.24) is 39.0 Å². The van der Waals surface area contributed by atoms with Gasteiger partial charge in [0.25, 0.3) is 0 Å². The molecule has 23 heteroatoms. The Labute approximate surface area is 244 Å². The van der Waals surface area contributed by atoms with Gasteiger partial charge in [-0.2, -0.15) is 0 Å². The largest absolute Gasteiger partial charge is 0.697 e. The van der Waals surface area contributed by atoms with Crippen LogP contribution in [0, 0.1) is 0 Å². The van der Waals surface area contributed by atoms with Crippen LogP contribution in [0.5, 0.6) is 0 Å². The molecule has 4 aromatic heterocycles. The minimum absolute atomic E-state index is 0.0646. The van der Waals surface area contributed by atoms with Gasteiger partial charge in [0, 0.05) is 4.57 Å². The minimum atomic E-state index is -4.26. The lowest BCUT2D eigenvalue weighted by Gasteiger charge is -2.26. The highest BCUT2D eigenvalue weighted by Crippen LogP contribution is 2.52. The minimum Gasteiger partial charge on any atom is -0.382 e. The molecule has 5 N–H and O–H groups in total. The Balaban J connectivity index is 1.18. The number of fused-ring (bicyclic) bond motifs is 5. The van der Waals surface area contributed by atoms with E-state index in [1.54, 1.807) is 0 Å². The smallest absolute Gasteiger partial charge is 0.382 e. The third kappa shape index (κ3) is 5.04. The van der Waals surface area contributed by atoms with Crippen LogP contribution >= 0.6 is 15.0 Å². The van der Waals surface area contributed by atoms with Gasteiger partial charge in [0.1, 0.15) is 48.6 Å². The lowest BCUT2D eigenvalue weighted by atomic mass is 10.1. The van der Waals surface area contributed by atoms with Crippen LogP contribution in [0.2, 0.25) is 0 Å². The Bertz CT molecular complexity index is 1770. The molecular weight excluding hydrogens is 640 g/mol. The predicted molar refractivity (Wildman–Crippen MR) is 143 cm³/mol. The first-order valence-electron chi connectivity index (χ1n) is 12.5. The van der Waals surface area contributed by atoms with Gasteiger partial charge in [-0.05, 0) is 11.8 Å². The van der Waals surface area contributed by atoms with Crippen molar-refractivity contribution in [3.05, 3.63) is 25.3 Å². The lowest BCUT2D eigenvalue weighted by molar-refractivity contribution is -0.0580. The van der Waals surface area contributed by atoms with Gasteiger partial charge in [0.2, 0.25) is 0 Å². The van der Waals surface area contributed by atoms with Crippen LogP contribution < -0.4 is 11.5 Å². The van der Waals surface area contributed by atoms with E-state index >= 15 is 8.78 Å². The van der Waals surface area contributed by atoms with E-state index in [1.807, 2.05) is 0 Å². The van der Waals surface area contributed by atoms with Crippen molar-refractivity contribution in [3.8, 4) is 0 Å². The Kier molecular flexibility index (Phi) is 7.28. The molecule has 228 valence electrons. The fourth-order valence-corrected chi connectivity index (χ4v) is 7.26. The van der Waals surface area contributed by atoms with E-state index in [0.717, 1.165) is 0 Å². The van der Waals surface area contributed by atoms with E-state index in [2.05, 4.69) is 29.9 Å². The van der Waals surface area contributed by atoms with Gasteiger partial charge in [-0.25, -0.2) is 38.7 Å². The normalized spacial score (nSPS) is 36.3. The lowest BCUT2D eigenvalue weighted by Crippen LogP contribution is -2.33. The Morgan fingerprint density at radius 3 is 2.14 bits per heavy atom. The summed E-state index contributed by atoms with van der Waals surface area (Å²) in [7, 11) is -3.04. The molecule has 0 saturated carbocycles. The number of halogens is 2. The molecule has 3 aliphatic heterocycles. The van der Waals surface area contributed by atoms with Crippen molar-refractivity contribution in [3.63, 3.8) is 0 Å². The first-order chi connectivity index (χ1) is 20.6. The van der Waals surface area contributed by atoms with Crippen molar-refractivity contribution < 1.29 is 45.8 Å². The summed E-state index contributed by atoms with van der Waals surface area (Å²) < 4.78 is 80.3. The second-order valence-electron chi connectivity index (χ2n) is 9.61. The van der Waals surface area contributed by atoms with Crippen molar-refractivity contribution in [1.29, 1.82) is 0 Å². The number of nitrogens with zero attached hydrogens (tertiary/aromatic N) is 8. The Hall–Kier alpha value is -2.97. The van der Waals surface area contributed by atoms with Gasteiger partial charge in [-0.1, -0.05) is 0 Å². The molecule has 10 atom stereocenters. The second-order valence-corrected chi connectivity index (χ2v) is 13.3. The van der Waals surface area contributed by atoms with Crippen LogP contribution in [0.3, 0.4) is 0 Å². The Morgan fingerprint density at radius 2 is 1.49 bits per heavy atom. The number of imidazole rings is 2. The third-order valence-electron chi connectivity index (χ3n) is 7.06. The summed E-state index contributed by atoms with van der Waals surface area (Å²) in [6.45, 7) is -5.46. The maximum Gasteiger partial charge on any atom is 0.697 e. The van der Waals surface area contributed by atoms with Gasteiger partial charge in [-0.3, -0.25) is 13.7 Å². The molecule has 3 saturated heterocycles. The summed E-state index contributed by atoms with van der Waals surface area (Å²) in [5.41, 5.74) is 12.5. The number of ether oxygens (including phenoxy) is 2. The second kappa shape index (κ2) is 10.9. The Morgan fingerprint density at radius 1 is 0.884 bits per heavy atom.